The molecule has 110 valence electrons. The van der Waals surface area contributed by atoms with E-state index in [4.69, 9.17) is 0 Å². The van der Waals surface area contributed by atoms with Crippen LogP contribution in [0.1, 0.15) is 40.8 Å². The van der Waals surface area contributed by atoms with Gasteiger partial charge < -0.3 is 4.90 Å². The zero-order valence-electron chi connectivity index (χ0n) is 11.7. The fraction of sp³-hybridized carbons (Fsp3) is 0.462. The van der Waals surface area contributed by atoms with E-state index in [-0.39, 0.29) is 17.4 Å². The van der Waals surface area contributed by atoms with Crippen LogP contribution in [0.3, 0.4) is 0 Å². The molecule has 0 saturated carbocycles. The van der Waals surface area contributed by atoms with Crippen LogP contribution >= 0.6 is 0 Å². The maximum atomic E-state index is 12.4. The summed E-state index contributed by atoms with van der Waals surface area (Å²) in [7, 11) is 0. The molecule has 2 N–H and O–H groups in total. The molecule has 21 heavy (non-hydrogen) atoms. The number of nitrogens with zero attached hydrogens (tertiary/aromatic N) is 4. The first-order valence-corrected chi connectivity index (χ1v) is 6.86. The minimum atomic E-state index is -0.376. The van der Waals surface area contributed by atoms with Gasteiger partial charge in [-0.15, -0.1) is 0 Å². The van der Waals surface area contributed by atoms with Crippen molar-refractivity contribution in [3.63, 3.8) is 0 Å². The molecule has 3 heterocycles. The number of aromatic nitrogens is 5. The number of amides is 1. The average molecular weight is 288 g/mol. The number of carbonyl (C=O) groups is 1. The molecule has 0 radical (unpaired) electrons. The van der Waals surface area contributed by atoms with Crippen molar-refractivity contribution in [2.45, 2.75) is 25.7 Å². The highest BCUT2D eigenvalue weighted by atomic mass is 16.2. The van der Waals surface area contributed by atoms with Crippen molar-refractivity contribution in [1.29, 1.82) is 0 Å². The summed E-state index contributed by atoms with van der Waals surface area (Å²) in [5.41, 5.74) is -0.0652. The lowest BCUT2D eigenvalue weighted by atomic mass is 9.97. The standard InChI is InChI=1S/C13H16N6O2/c1-8-15-12(18-16-8)9-3-2-4-19(7-9)13(21)10-5-11(20)17-14-6-10/h5-6,9H,2-4,7H2,1H3,(H,17,20)(H,15,16,18). The van der Waals surface area contributed by atoms with Crippen molar-refractivity contribution in [3.8, 4) is 0 Å². The number of rotatable bonds is 2. The van der Waals surface area contributed by atoms with Gasteiger partial charge in [0.25, 0.3) is 11.5 Å². The Labute approximate surface area is 120 Å². The monoisotopic (exact) mass is 288 g/mol. The molecule has 8 nitrogen and oxygen atoms in total. The lowest BCUT2D eigenvalue weighted by molar-refractivity contribution is 0.0704. The molecule has 0 spiro atoms. The van der Waals surface area contributed by atoms with Crippen LogP contribution in [0.25, 0.3) is 0 Å². The molecular formula is C13H16N6O2. The van der Waals surface area contributed by atoms with Gasteiger partial charge in [0.05, 0.1) is 11.8 Å². The molecule has 2 aromatic rings. The highest BCUT2D eigenvalue weighted by molar-refractivity contribution is 5.93. The molecule has 1 aliphatic rings. The molecule has 1 aliphatic heterocycles. The lowest BCUT2D eigenvalue weighted by Crippen LogP contribution is -2.39. The van der Waals surface area contributed by atoms with Crippen LogP contribution in [0.5, 0.6) is 0 Å². The molecule has 1 fully saturated rings. The number of nitrogens with one attached hydrogen (secondary N) is 2. The largest absolute Gasteiger partial charge is 0.338 e. The quantitative estimate of drug-likeness (QED) is 0.821. The SMILES string of the molecule is Cc1nc(C2CCCN(C(=O)c3cn[nH]c(=O)c3)C2)n[nH]1. The predicted octanol–water partition coefficient (Wildman–Crippen LogP) is 0.216. The van der Waals surface area contributed by atoms with E-state index in [2.05, 4.69) is 25.4 Å². The minimum absolute atomic E-state index is 0.127. The van der Waals surface area contributed by atoms with Crippen LogP contribution in [0.2, 0.25) is 0 Å². The Morgan fingerprint density at radius 1 is 1.43 bits per heavy atom. The van der Waals surface area contributed by atoms with Gasteiger partial charge in [-0.05, 0) is 19.8 Å². The predicted molar refractivity (Wildman–Crippen MR) is 73.9 cm³/mol. The van der Waals surface area contributed by atoms with Crippen molar-refractivity contribution in [2.75, 3.05) is 13.1 Å². The number of piperidine rings is 1. The van der Waals surface area contributed by atoms with E-state index < -0.39 is 0 Å². The molecule has 1 unspecified atom stereocenters. The van der Waals surface area contributed by atoms with Crippen LogP contribution in [-0.4, -0.2) is 49.3 Å². The summed E-state index contributed by atoms with van der Waals surface area (Å²) >= 11 is 0. The molecule has 1 amide bonds. The van der Waals surface area contributed by atoms with Gasteiger partial charge in [0, 0.05) is 25.1 Å². The number of hydrogen-bond acceptors (Lipinski definition) is 5. The molecule has 0 aromatic carbocycles. The highest BCUT2D eigenvalue weighted by Gasteiger charge is 2.27. The Bertz CT molecular complexity index is 706. The normalized spacial score (nSPS) is 18.7. The number of aryl methyl sites for hydroxylation is 1. The van der Waals surface area contributed by atoms with Crippen LogP contribution in [0.15, 0.2) is 17.1 Å². The highest BCUT2D eigenvalue weighted by Crippen LogP contribution is 2.25. The van der Waals surface area contributed by atoms with Gasteiger partial charge in [0.15, 0.2) is 5.82 Å². The topological polar surface area (TPSA) is 108 Å². The number of hydrogen-bond donors (Lipinski definition) is 2. The summed E-state index contributed by atoms with van der Waals surface area (Å²) in [5.74, 6) is 1.47. The second kappa shape index (κ2) is 5.47. The molecule has 0 aliphatic carbocycles. The van der Waals surface area contributed by atoms with Crippen molar-refractivity contribution in [3.05, 3.63) is 39.8 Å². The van der Waals surface area contributed by atoms with E-state index in [1.807, 2.05) is 6.92 Å². The maximum absolute atomic E-state index is 12.4. The van der Waals surface area contributed by atoms with Gasteiger partial charge >= 0.3 is 0 Å². The summed E-state index contributed by atoms with van der Waals surface area (Å²) in [6.45, 7) is 3.08. The lowest BCUT2D eigenvalue weighted by Gasteiger charge is -2.31. The van der Waals surface area contributed by atoms with Gasteiger partial charge in [0.2, 0.25) is 0 Å². The Morgan fingerprint density at radius 2 is 2.29 bits per heavy atom. The summed E-state index contributed by atoms with van der Waals surface area (Å²) in [4.78, 5) is 29.7. The maximum Gasteiger partial charge on any atom is 0.264 e. The molecule has 3 rings (SSSR count). The van der Waals surface area contributed by atoms with Crippen LogP contribution in [0, 0.1) is 6.92 Å². The van der Waals surface area contributed by atoms with E-state index in [1.54, 1.807) is 4.90 Å². The van der Waals surface area contributed by atoms with Crippen LogP contribution in [-0.2, 0) is 0 Å². The number of likely N-dealkylation sites (tertiary alicyclic amines) is 1. The first kappa shape index (κ1) is 13.5. The number of carbonyl (C=O) groups excluding carboxylic acids is 1. The molecule has 1 atom stereocenters. The first-order chi connectivity index (χ1) is 10.1. The van der Waals surface area contributed by atoms with E-state index in [9.17, 15) is 9.59 Å². The fourth-order valence-corrected chi connectivity index (χ4v) is 2.59. The number of H-pyrrole nitrogens is 2. The van der Waals surface area contributed by atoms with Crippen LogP contribution in [0.4, 0.5) is 0 Å². The Kier molecular flexibility index (Phi) is 3.51. The second-order valence-corrected chi connectivity index (χ2v) is 5.20. The van der Waals surface area contributed by atoms with Crippen LogP contribution < -0.4 is 5.56 Å². The molecule has 8 heteroatoms. The van der Waals surface area contributed by atoms with Gasteiger partial charge in [-0.3, -0.25) is 14.7 Å². The van der Waals surface area contributed by atoms with Gasteiger partial charge in [-0.25, -0.2) is 10.1 Å². The molecule has 0 bridgehead atoms. The van der Waals surface area contributed by atoms with Crippen molar-refractivity contribution >= 4 is 5.91 Å². The summed E-state index contributed by atoms with van der Waals surface area (Å²) in [5, 5.41) is 12.9. The van der Waals surface area contributed by atoms with E-state index >= 15 is 0 Å². The minimum Gasteiger partial charge on any atom is -0.338 e. The summed E-state index contributed by atoms with van der Waals surface area (Å²) < 4.78 is 0. The zero-order chi connectivity index (χ0) is 14.8. The van der Waals surface area contributed by atoms with E-state index in [0.29, 0.717) is 18.7 Å². The second-order valence-electron chi connectivity index (χ2n) is 5.20. The molecule has 2 aromatic heterocycles. The van der Waals surface area contributed by atoms with Gasteiger partial charge in [0.1, 0.15) is 5.82 Å². The summed E-state index contributed by atoms with van der Waals surface area (Å²) in [6, 6.07) is 1.27. The van der Waals surface area contributed by atoms with Gasteiger partial charge in [-0.2, -0.15) is 10.2 Å². The molecule has 1 saturated heterocycles. The van der Waals surface area contributed by atoms with E-state index in [0.717, 1.165) is 24.5 Å². The third kappa shape index (κ3) is 2.83. The van der Waals surface area contributed by atoms with Crippen molar-refractivity contribution in [2.24, 2.45) is 0 Å². The van der Waals surface area contributed by atoms with Gasteiger partial charge in [-0.1, -0.05) is 0 Å². The van der Waals surface area contributed by atoms with E-state index in [1.165, 1.54) is 12.3 Å². The third-order valence-electron chi connectivity index (χ3n) is 3.60. The average Bonchev–Trinajstić information content (AvgIpc) is 2.93. The zero-order valence-corrected chi connectivity index (χ0v) is 11.7. The fourth-order valence-electron chi connectivity index (χ4n) is 2.59. The molecular weight excluding hydrogens is 272 g/mol. The number of aromatic amines is 2. The first-order valence-electron chi connectivity index (χ1n) is 6.86. The smallest absolute Gasteiger partial charge is 0.264 e. The Balaban J connectivity index is 1.77. The Hall–Kier alpha value is -2.51. The van der Waals surface area contributed by atoms with Crippen molar-refractivity contribution < 1.29 is 4.79 Å². The summed E-state index contributed by atoms with van der Waals surface area (Å²) in [6.07, 6.45) is 3.22. The Morgan fingerprint density at radius 3 is 3.00 bits per heavy atom. The third-order valence-corrected chi connectivity index (χ3v) is 3.60. The van der Waals surface area contributed by atoms with Crippen molar-refractivity contribution in [1.82, 2.24) is 30.3 Å².